The molecule has 0 bridgehead atoms. The molecule has 1 aromatic carbocycles. The molecule has 2 N–H and O–H groups in total. The van der Waals surface area contributed by atoms with E-state index in [9.17, 15) is 13.2 Å². The summed E-state index contributed by atoms with van der Waals surface area (Å²) in [6.07, 6.45) is 0.944. The SMILES string of the molecule is Nc1ncnc(-c2c(F)cccc2F)c1F. The van der Waals surface area contributed by atoms with E-state index < -0.39 is 34.5 Å². The van der Waals surface area contributed by atoms with Gasteiger partial charge in [0.2, 0.25) is 0 Å². The van der Waals surface area contributed by atoms with Gasteiger partial charge in [0.05, 0.1) is 5.56 Å². The lowest BCUT2D eigenvalue weighted by Crippen LogP contribution is -2.02. The van der Waals surface area contributed by atoms with E-state index in [4.69, 9.17) is 5.73 Å². The summed E-state index contributed by atoms with van der Waals surface area (Å²) >= 11 is 0. The molecule has 0 saturated carbocycles. The maximum atomic E-state index is 13.5. The summed E-state index contributed by atoms with van der Waals surface area (Å²) in [7, 11) is 0. The molecule has 2 rings (SSSR count). The molecule has 16 heavy (non-hydrogen) atoms. The monoisotopic (exact) mass is 225 g/mol. The minimum Gasteiger partial charge on any atom is -0.381 e. The fourth-order valence-corrected chi connectivity index (χ4v) is 1.28. The molecule has 0 fully saturated rings. The quantitative estimate of drug-likeness (QED) is 0.808. The van der Waals surface area contributed by atoms with E-state index in [0.29, 0.717) is 0 Å². The first-order chi connectivity index (χ1) is 7.61. The van der Waals surface area contributed by atoms with Crippen LogP contribution in [-0.2, 0) is 0 Å². The highest BCUT2D eigenvalue weighted by Crippen LogP contribution is 2.27. The summed E-state index contributed by atoms with van der Waals surface area (Å²) in [5.74, 6) is -3.30. The van der Waals surface area contributed by atoms with Gasteiger partial charge < -0.3 is 5.73 Å². The van der Waals surface area contributed by atoms with Gasteiger partial charge in [0.1, 0.15) is 23.7 Å². The van der Waals surface area contributed by atoms with Crippen LogP contribution in [-0.4, -0.2) is 9.97 Å². The third kappa shape index (κ3) is 1.58. The Morgan fingerprint density at radius 2 is 1.62 bits per heavy atom. The topological polar surface area (TPSA) is 51.8 Å². The molecule has 82 valence electrons. The average molecular weight is 225 g/mol. The zero-order valence-electron chi connectivity index (χ0n) is 7.92. The Labute approximate surface area is 88.8 Å². The minimum absolute atomic E-state index is 0.451. The number of nitrogens with two attached hydrogens (primary N) is 1. The normalized spacial score (nSPS) is 10.4. The van der Waals surface area contributed by atoms with Crippen LogP contribution in [0.25, 0.3) is 11.3 Å². The molecule has 0 aliphatic carbocycles. The fraction of sp³-hybridized carbons (Fsp3) is 0. The van der Waals surface area contributed by atoms with Crippen LogP contribution in [0.4, 0.5) is 19.0 Å². The first kappa shape index (κ1) is 10.4. The molecule has 3 nitrogen and oxygen atoms in total. The Balaban J connectivity index is 2.73. The maximum Gasteiger partial charge on any atom is 0.191 e. The molecule has 0 saturated heterocycles. The average Bonchev–Trinajstić information content (AvgIpc) is 2.24. The van der Waals surface area contributed by atoms with Gasteiger partial charge >= 0.3 is 0 Å². The van der Waals surface area contributed by atoms with E-state index in [0.717, 1.165) is 18.5 Å². The summed E-state index contributed by atoms with van der Waals surface area (Å²) < 4.78 is 40.1. The standard InChI is InChI=1S/C10H6F3N3/c11-5-2-1-3-6(12)7(5)9-8(13)10(14)16-4-15-9/h1-4H,(H2,14,15,16). The van der Waals surface area contributed by atoms with E-state index in [1.54, 1.807) is 0 Å². The number of hydrogen-bond acceptors (Lipinski definition) is 3. The van der Waals surface area contributed by atoms with Crippen molar-refractivity contribution in [1.82, 2.24) is 9.97 Å². The van der Waals surface area contributed by atoms with Gasteiger partial charge in [-0.25, -0.2) is 23.1 Å². The van der Waals surface area contributed by atoms with E-state index in [1.165, 1.54) is 6.07 Å². The molecule has 0 aliphatic rings. The first-order valence-electron chi connectivity index (χ1n) is 4.31. The lowest BCUT2D eigenvalue weighted by atomic mass is 10.1. The number of rotatable bonds is 1. The largest absolute Gasteiger partial charge is 0.381 e. The van der Waals surface area contributed by atoms with Crippen molar-refractivity contribution in [2.45, 2.75) is 0 Å². The Bertz CT molecular complexity index is 523. The summed E-state index contributed by atoms with van der Waals surface area (Å²) in [5.41, 5.74) is 4.16. The van der Waals surface area contributed by atoms with Gasteiger partial charge in [-0.1, -0.05) is 6.07 Å². The number of halogens is 3. The number of nitrogens with zero attached hydrogens (tertiary/aromatic N) is 2. The van der Waals surface area contributed by atoms with Crippen molar-refractivity contribution in [3.8, 4) is 11.3 Å². The van der Waals surface area contributed by atoms with Crippen LogP contribution in [0, 0.1) is 17.5 Å². The number of aromatic nitrogens is 2. The maximum absolute atomic E-state index is 13.5. The second kappa shape index (κ2) is 3.80. The smallest absolute Gasteiger partial charge is 0.191 e. The Morgan fingerprint density at radius 3 is 2.25 bits per heavy atom. The van der Waals surface area contributed by atoms with E-state index in [-0.39, 0.29) is 0 Å². The summed E-state index contributed by atoms with van der Waals surface area (Å²) in [6, 6.07) is 3.20. The molecule has 1 heterocycles. The predicted molar refractivity (Wildman–Crippen MR) is 51.8 cm³/mol. The molecule has 2 aromatic rings. The van der Waals surface area contributed by atoms with Crippen LogP contribution < -0.4 is 5.73 Å². The third-order valence-corrected chi connectivity index (χ3v) is 2.02. The number of hydrogen-bond donors (Lipinski definition) is 1. The van der Waals surface area contributed by atoms with Crippen molar-refractivity contribution >= 4 is 5.82 Å². The predicted octanol–water partition coefficient (Wildman–Crippen LogP) is 2.14. The zero-order valence-corrected chi connectivity index (χ0v) is 7.92. The van der Waals surface area contributed by atoms with Crippen LogP contribution >= 0.6 is 0 Å². The zero-order chi connectivity index (χ0) is 11.7. The van der Waals surface area contributed by atoms with Gasteiger partial charge in [-0.2, -0.15) is 0 Å². The molecule has 1 aromatic heterocycles. The summed E-state index contributed by atoms with van der Waals surface area (Å²) in [5, 5.41) is 0. The lowest BCUT2D eigenvalue weighted by molar-refractivity contribution is 0.578. The fourth-order valence-electron chi connectivity index (χ4n) is 1.28. The number of anilines is 1. The molecular formula is C10H6F3N3. The number of nitrogen functional groups attached to an aromatic ring is 1. The van der Waals surface area contributed by atoms with E-state index >= 15 is 0 Å². The first-order valence-corrected chi connectivity index (χ1v) is 4.31. The van der Waals surface area contributed by atoms with Crippen molar-refractivity contribution in [3.05, 3.63) is 42.0 Å². The molecule has 0 radical (unpaired) electrons. The highest BCUT2D eigenvalue weighted by Gasteiger charge is 2.18. The molecular weight excluding hydrogens is 219 g/mol. The molecule has 0 spiro atoms. The second-order valence-corrected chi connectivity index (χ2v) is 3.02. The van der Waals surface area contributed by atoms with E-state index in [2.05, 4.69) is 9.97 Å². The molecule has 6 heteroatoms. The van der Waals surface area contributed by atoms with Crippen LogP contribution in [0.5, 0.6) is 0 Å². The van der Waals surface area contributed by atoms with Gasteiger partial charge in [0.15, 0.2) is 11.6 Å². The highest BCUT2D eigenvalue weighted by molar-refractivity contribution is 5.63. The molecule has 0 unspecified atom stereocenters. The Morgan fingerprint density at radius 1 is 1.00 bits per heavy atom. The molecule has 0 atom stereocenters. The van der Waals surface area contributed by atoms with Crippen molar-refractivity contribution < 1.29 is 13.2 Å². The molecule has 0 amide bonds. The van der Waals surface area contributed by atoms with Crippen LogP contribution in [0.2, 0.25) is 0 Å². The third-order valence-electron chi connectivity index (χ3n) is 2.02. The van der Waals surface area contributed by atoms with Gasteiger partial charge in [0.25, 0.3) is 0 Å². The van der Waals surface area contributed by atoms with E-state index in [1.807, 2.05) is 0 Å². The van der Waals surface area contributed by atoms with Crippen LogP contribution in [0.1, 0.15) is 0 Å². The minimum atomic E-state index is -1.04. The highest BCUT2D eigenvalue weighted by atomic mass is 19.1. The van der Waals surface area contributed by atoms with Crippen molar-refractivity contribution in [2.75, 3.05) is 5.73 Å². The van der Waals surface area contributed by atoms with Gasteiger partial charge in [-0.05, 0) is 12.1 Å². The Hall–Kier alpha value is -2.11. The van der Waals surface area contributed by atoms with Gasteiger partial charge in [-0.15, -0.1) is 0 Å². The van der Waals surface area contributed by atoms with Crippen molar-refractivity contribution in [2.24, 2.45) is 0 Å². The number of benzene rings is 1. The summed E-state index contributed by atoms with van der Waals surface area (Å²) in [6.45, 7) is 0. The van der Waals surface area contributed by atoms with Gasteiger partial charge in [0, 0.05) is 0 Å². The summed E-state index contributed by atoms with van der Waals surface area (Å²) in [4.78, 5) is 6.86. The lowest BCUT2D eigenvalue weighted by Gasteiger charge is -2.05. The second-order valence-electron chi connectivity index (χ2n) is 3.02. The van der Waals surface area contributed by atoms with Crippen LogP contribution in [0.3, 0.4) is 0 Å². The van der Waals surface area contributed by atoms with Gasteiger partial charge in [-0.3, -0.25) is 0 Å². The van der Waals surface area contributed by atoms with Crippen molar-refractivity contribution in [1.29, 1.82) is 0 Å². The Kier molecular flexibility index (Phi) is 2.47. The molecule has 0 aliphatic heterocycles. The van der Waals surface area contributed by atoms with Crippen LogP contribution in [0.15, 0.2) is 24.5 Å². The van der Waals surface area contributed by atoms with Crippen molar-refractivity contribution in [3.63, 3.8) is 0 Å².